The van der Waals surface area contributed by atoms with Crippen molar-refractivity contribution in [2.24, 2.45) is 11.8 Å². The van der Waals surface area contributed by atoms with Crippen molar-refractivity contribution in [1.29, 1.82) is 0 Å². The number of hydrogen-bond acceptors (Lipinski definition) is 2. The summed E-state index contributed by atoms with van der Waals surface area (Å²) in [7, 11) is 2.10. The number of nitrogens with zero attached hydrogens (tertiary/aromatic N) is 1. The molecular formula is C7H13NO. The van der Waals surface area contributed by atoms with Crippen molar-refractivity contribution >= 4 is 0 Å². The Bertz CT molecular complexity index is 124. The van der Waals surface area contributed by atoms with E-state index in [9.17, 15) is 0 Å². The SMILES string of the molecule is CN1CC2C[C@@H]2[C@H]1CO. The topological polar surface area (TPSA) is 23.5 Å². The molecule has 0 bridgehead atoms. The van der Waals surface area contributed by atoms with Gasteiger partial charge in [0.25, 0.3) is 0 Å². The van der Waals surface area contributed by atoms with Crippen LogP contribution >= 0.6 is 0 Å². The number of likely N-dealkylation sites (tertiary alicyclic amines) is 1. The monoisotopic (exact) mass is 127 g/mol. The van der Waals surface area contributed by atoms with E-state index in [1.54, 1.807) is 0 Å². The molecule has 0 aromatic carbocycles. The van der Waals surface area contributed by atoms with Crippen molar-refractivity contribution < 1.29 is 5.11 Å². The average molecular weight is 127 g/mol. The zero-order chi connectivity index (χ0) is 6.43. The van der Waals surface area contributed by atoms with Crippen LogP contribution in [0.2, 0.25) is 0 Å². The Morgan fingerprint density at radius 1 is 1.67 bits per heavy atom. The van der Waals surface area contributed by atoms with Gasteiger partial charge in [-0.3, -0.25) is 0 Å². The van der Waals surface area contributed by atoms with E-state index >= 15 is 0 Å². The zero-order valence-electron chi connectivity index (χ0n) is 5.75. The predicted molar refractivity (Wildman–Crippen MR) is 35.1 cm³/mol. The fraction of sp³-hybridized carbons (Fsp3) is 1.00. The fourth-order valence-corrected chi connectivity index (χ4v) is 2.06. The van der Waals surface area contributed by atoms with Crippen molar-refractivity contribution in [3.63, 3.8) is 0 Å². The van der Waals surface area contributed by atoms with Crippen LogP contribution in [-0.2, 0) is 0 Å². The third kappa shape index (κ3) is 0.700. The van der Waals surface area contributed by atoms with Crippen LogP contribution in [0.25, 0.3) is 0 Å². The molecule has 1 saturated heterocycles. The highest BCUT2D eigenvalue weighted by Gasteiger charge is 2.50. The smallest absolute Gasteiger partial charge is 0.0589 e. The molecule has 0 amide bonds. The maximum atomic E-state index is 8.89. The van der Waals surface area contributed by atoms with Crippen LogP contribution in [0.1, 0.15) is 6.42 Å². The molecule has 3 atom stereocenters. The molecule has 0 radical (unpaired) electrons. The second-order valence-electron chi connectivity index (χ2n) is 3.35. The maximum absolute atomic E-state index is 8.89. The first kappa shape index (κ1) is 5.69. The molecule has 1 aliphatic carbocycles. The standard InChI is InChI=1S/C7H13NO/c1-8-3-5-2-6(5)7(8)4-9/h5-7,9H,2-4H2,1H3/t5?,6-,7+/m0/s1. The lowest BCUT2D eigenvalue weighted by Crippen LogP contribution is -2.32. The highest BCUT2D eigenvalue weighted by molar-refractivity contribution is 5.02. The Morgan fingerprint density at radius 2 is 2.44 bits per heavy atom. The fourth-order valence-electron chi connectivity index (χ4n) is 2.06. The summed E-state index contributed by atoms with van der Waals surface area (Å²) in [5.74, 6) is 1.78. The quantitative estimate of drug-likeness (QED) is 0.533. The molecule has 2 fully saturated rings. The van der Waals surface area contributed by atoms with Gasteiger partial charge in [0.2, 0.25) is 0 Å². The second kappa shape index (κ2) is 1.70. The Balaban J connectivity index is 2.02. The summed E-state index contributed by atoms with van der Waals surface area (Å²) in [6, 6.07) is 0.495. The summed E-state index contributed by atoms with van der Waals surface area (Å²) >= 11 is 0. The largest absolute Gasteiger partial charge is 0.395 e. The van der Waals surface area contributed by atoms with Crippen molar-refractivity contribution in [1.82, 2.24) is 4.90 Å². The molecule has 0 aromatic rings. The summed E-state index contributed by atoms with van der Waals surface area (Å²) in [5.41, 5.74) is 0. The van der Waals surface area contributed by atoms with E-state index in [0.29, 0.717) is 12.6 Å². The van der Waals surface area contributed by atoms with Crippen LogP contribution in [0.4, 0.5) is 0 Å². The van der Waals surface area contributed by atoms with Crippen LogP contribution in [0, 0.1) is 11.8 Å². The Kier molecular flexibility index (Phi) is 1.08. The summed E-state index contributed by atoms with van der Waals surface area (Å²) in [5, 5.41) is 8.89. The van der Waals surface area contributed by atoms with E-state index in [0.717, 1.165) is 11.8 Å². The normalized spacial score (nSPS) is 49.3. The molecule has 2 aliphatic rings. The first-order valence-electron chi connectivity index (χ1n) is 3.64. The molecule has 0 spiro atoms. The first-order valence-corrected chi connectivity index (χ1v) is 3.64. The van der Waals surface area contributed by atoms with E-state index in [1.165, 1.54) is 13.0 Å². The van der Waals surface area contributed by atoms with Gasteiger partial charge in [-0.2, -0.15) is 0 Å². The highest BCUT2D eigenvalue weighted by atomic mass is 16.3. The summed E-state index contributed by atoms with van der Waals surface area (Å²) in [4.78, 5) is 2.28. The van der Waals surface area contributed by atoms with Gasteiger partial charge < -0.3 is 10.0 Å². The molecule has 1 saturated carbocycles. The van der Waals surface area contributed by atoms with Crippen molar-refractivity contribution in [2.45, 2.75) is 12.5 Å². The highest BCUT2D eigenvalue weighted by Crippen LogP contribution is 2.48. The van der Waals surface area contributed by atoms with Crippen molar-refractivity contribution in [2.75, 3.05) is 20.2 Å². The van der Waals surface area contributed by atoms with Crippen LogP contribution in [0.15, 0.2) is 0 Å². The average Bonchev–Trinajstić information content (AvgIpc) is 2.45. The molecule has 2 heteroatoms. The van der Waals surface area contributed by atoms with Crippen LogP contribution in [0.5, 0.6) is 0 Å². The van der Waals surface area contributed by atoms with Gasteiger partial charge in [0.1, 0.15) is 0 Å². The summed E-state index contributed by atoms with van der Waals surface area (Å²) in [6.07, 6.45) is 1.37. The number of likely N-dealkylation sites (N-methyl/N-ethyl adjacent to an activating group) is 1. The molecule has 2 rings (SSSR count). The minimum atomic E-state index is 0.359. The van der Waals surface area contributed by atoms with Gasteiger partial charge in [-0.15, -0.1) is 0 Å². The molecule has 1 aliphatic heterocycles. The van der Waals surface area contributed by atoms with Crippen LogP contribution < -0.4 is 0 Å². The van der Waals surface area contributed by atoms with Gasteiger partial charge in [0.05, 0.1) is 6.61 Å². The van der Waals surface area contributed by atoms with Gasteiger partial charge in [0, 0.05) is 12.6 Å². The first-order chi connectivity index (χ1) is 4.33. The summed E-state index contributed by atoms with van der Waals surface area (Å²) in [6.45, 7) is 1.58. The van der Waals surface area contributed by atoms with Gasteiger partial charge in [-0.05, 0) is 25.3 Å². The van der Waals surface area contributed by atoms with E-state index in [-0.39, 0.29) is 0 Å². The predicted octanol–water partition coefficient (Wildman–Crippen LogP) is -0.0712. The third-order valence-corrected chi connectivity index (χ3v) is 2.75. The van der Waals surface area contributed by atoms with E-state index < -0.39 is 0 Å². The lowest BCUT2D eigenvalue weighted by Gasteiger charge is -2.19. The molecule has 1 heterocycles. The van der Waals surface area contributed by atoms with E-state index in [1.807, 2.05) is 0 Å². The van der Waals surface area contributed by atoms with Gasteiger partial charge in [-0.1, -0.05) is 0 Å². The van der Waals surface area contributed by atoms with E-state index in [2.05, 4.69) is 11.9 Å². The molecule has 52 valence electrons. The van der Waals surface area contributed by atoms with Crippen LogP contribution in [-0.4, -0.2) is 36.2 Å². The lowest BCUT2D eigenvalue weighted by molar-refractivity contribution is 0.160. The Labute approximate surface area is 55.5 Å². The molecule has 2 nitrogen and oxygen atoms in total. The minimum absolute atomic E-state index is 0.359. The van der Waals surface area contributed by atoms with E-state index in [4.69, 9.17) is 5.11 Å². The van der Waals surface area contributed by atoms with Crippen molar-refractivity contribution in [3.05, 3.63) is 0 Å². The van der Waals surface area contributed by atoms with Gasteiger partial charge >= 0.3 is 0 Å². The van der Waals surface area contributed by atoms with Gasteiger partial charge in [-0.25, -0.2) is 0 Å². The molecule has 1 N–H and O–H groups in total. The van der Waals surface area contributed by atoms with Crippen LogP contribution in [0.3, 0.4) is 0 Å². The maximum Gasteiger partial charge on any atom is 0.0589 e. The molecule has 9 heavy (non-hydrogen) atoms. The Morgan fingerprint density at radius 3 is 2.78 bits per heavy atom. The van der Waals surface area contributed by atoms with Crippen molar-refractivity contribution in [3.8, 4) is 0 Å². The minimum Gasteiger partial charge on any atom is -0.395 e. The Hall–Kier alpha value is -0.0800. The summed E-state index contributed by atoms with van der Waals surface area (Å²) < 4.78 is 0. The number of hydrogen-bond donors (Lipinski definition) is 1. The second-order valence-corrected chi connectivity index (χ2v) is 3.35. The third-order valence-electron chi connectivity index (χ3n) is 2.75. The number of fused-ring (bicyclic) bond motifs is 1. The molecular weight excluding hydrogens is 114 g/mol. The number of aliphatic hydroxyl groups excluding tert-OH is 1. The molecule has 0 aromatic heterocycles. The zero-order valence-corrected chi connectivity index (χ0v) is 5.75. The molecule has 1 unspecified atom stereocenters. The number of piperidine rings is 1. The lowest BCUT2D eigenvalue weighted by atomic mass is 10.2. The van der Waals surface area contributed by atoms with Gasteiger partial charge in [0.15, 0.2) is 0 Å². The number of aliphatic hydroxyl groups is 1. The number of rotatable bonds is 1.